The molecule has 0 spiro atoms. The zero-order valence-corrected chi connectivity index (χ0v) is 10.8. The lowest BCUT2D eigenvalue weighted by atomic mass is 10.3. The van der Waals surface area contributed by atoms with Crippen LogP contribution in [0.5, 0.6) is 0 Å². The van der Waals surface area contributed by atoms with Crippen LogP contribution in [0, 0.1) is 0 Å². The van der Waals surface area contributed by atoms with Gasteiger partial charge in [0.2, 0.25) is 0 Å². The minimum Gasteiger partial charge on any atom is -0.293 e. The summed E-state index contributed by atoms with van der Waals surface area (Å²) >= 11 is 9.33. The first-order valence-electron chi connectivity index (χ1n) is 4.97. The van der Waals surface area contributed by atoms with E-state index in [1.54, 1.807) is 6.07 Å². The van der Waals surface area contributed by atoms with Gasteiger partial charge in [-0.25, -0.2) is 0 Å². The van der Waals surface area contributed by atoms with E-state index in [0.29, 0.717) is 22.8 Å². The highest BCUT2D eigenvalue weighted by Gasteiger charge is 2.18. The van der Waals surface area contributed by atoms with Crippen molar-refractivity contribution in [1.82, 2.24) is 0 Å². The summed E-state index contributed by atoms with van der Waals surface area (Å²) in [5.41, 5.74) is 4.14. The van der Waals surface area contributed by atoms with Crippen LogP contribution in [0.25, 0.3) is 0 Å². The fourth-order valence-corrected chi connectivity index (χ4v) is 2.24. The lowest BCUT2D eigenvalue weighted by Gasteiger charge is -2.04. The summed E-state index contributed by atoms with van der Waals surface area (Å²) in [7, 11) is 0. The van der Waals surface area contributed by atoms with Crippen molar-refractivity contribution in [2.45, 2.75) is 19.3 Å². The second-order valence-electron chi connectivity index (χ2n) is 3.57. The summed E-state index contributed by atoms with van der Waals surface area (Å²) in [5.74, 6) is 0.126. The smallest absolute Gasteiger partial charge is 0.178 e. The van der Waals surface area contributed by atoms with Crippen molar-refractivity contribution in [2.24, 2.45) is 5.10 Å². The summed E-state index contributed by atoms with van der Waals surface area (Å²) in [6.45, 7) is 0. The van der Waals surface area contributed by atoms with Gasteiger partial charge < -0.3 is 0 Å². The van der Waals surface area contributed by atoms with Crippen LogP contribution in [0.1, 0.15) is 19.3 Å². The van der Waals surface area contributed by atoms with Gasteiger partial charge in [-0.15, -0.1) is 0 Å². The molecule has 0 atom stereocenters. The number of nitrogens with zero attached hydrogens (tertiary/aromatic N) is 1. The van der Waals surface area contributed by atoms with Crippen LogP contribution in [0.4, 0.5) is 5.69 Å². The lowest BCUT2D eigenvalue weighted by Crippen LogP contribution is -2.07. The maximum absolute atomic E-state index is 11.3. The van der Waals surface area contributed by atoms with E-state index in [9.17, 15) is 4.79 Å². The van der Waals surface area contributed by atoms with Crippen LogP contribution >= 0.6 is 27.5 Å². The van der Waals surface area contributed by atoms with Gasteiger partial charge in [-0.05, 0) is 31.0 Å². The first-order chi connectivity index (χ1) is 7.66. The standard InChI is InChI=1S/C11H10BrClN2O/c12-7-4-5-9(8(13)6-7)14-15-10-2-1-3-11(10)16/h4-6,14H,1-3H2. The third-order valence-electron chi connectivity index (χ3n) is 2.38. The van der Waals surface area contributed by atoms with Gasteiger partial charge in [0, 0.05) is 10.9 Å². The molecule has 16 heavy (non-hydrogen) atoms. The Morgan fingerprint density at radius 2 is 2.19 bits per heavy atom. The molecular weight excluding hydrogens is 291 g/mol. The summed E-state index contributed by atoms with van der Waals surface area (Å²) in [6, 6.07) is 5.46. The van der Waals surface area contributed by atoms with Gasteiger partial charge in [0.05, 0.1) is 10.7 Å². The molecule has 0 amide bonds. The Bertz CT molecular complexity index is 459. The molecule has 0 aromatic heterocycles. The van der Waals surface area contributed by atoms with Crippen LogP contribution in [-0.4, -0.2) is 11.5 Å². The monoisotopic (exact) mass is 300 g/mol. The highest BCUT2D eigenvalue weighted by atomic mass is 79.9. The van der Waals surface area contributed by atoms with Gasteiger partial charge in [-0.1, -0.05) is 27.5 Å². The summed E-state index contributed by atoms with van der Waals surface area (Å²) < 4.78 is 0.910. The predicted molar refractivity (Wildman–Crippen MR) is 69.1 cm³/mol. The van der Waals surface area contributed by atoms with Crippen molar-refractivity contribution in [3.8, 4) is 0 Å². The van der Waals surface area contributed by atoms with Crippen molar-refractivity contribution in [3.05, 3.63) is 27.7 Å². The molecular formula is C11H10BrClN2O. The van der Waals surface area contributed by atoms with E-state index in [-0.39, 0.29) is 5.78 Å². The van der Waals surface area contributed by atoms with Gasteiger partial charge in [0.25, 0.3) is 0 Å². The Morgan fingerprint density at radius 1 is 1.38 bits per heavy atom. The molecule has 1 aliphatic rings. The second kappa shape index (κ2) is 4.97. The fraction of sp³-hybridized carbons (Fsp3) is 0.273. The number of carbonyl (C=O) groups is 1. The number of rotatable bonds is 2. The van der Waals surface area contributed by atoms with Crippen LogP contribution in [-0.2, 0) is 4.79 Å². The normalized spacial score (nSPS) is 18.1. The van der Waals surface area contributed by atoms with Crippen molar-refractivity contribution in [3.63, 3.8) is 0 Å². The first-order valence-corrected chi connectivity index (χ1v) is 6.15. The lowest BCUT2D eigenvalue weighted by molar-refractivity contribution is -0.112. The maximum atomic E-state index is 11.3. The van der Waals surface area contributed by atoms with Crippen molar-refractivity contribution in [2.75, 3.05) is 5.43 Å². The Hall–Kier alpha value is -0.870. The molecule has 0 aliphatic heterocycles. The van der Waals surface area contributed by atoms with Gasteiger partial charge in [-0.3, -0.25) is 10.2 Å². The molecule has 0 heterocycles. The van der Waals surface area contributed by atoms with Gasteiger partial charge in [0.1, 0.15) is 5.71 Å². The van der Waals surface area contributed by atoms with E-state index in [4.69, 9.17) is 11.6 Å². The van der Waals surface area contributed by atoms with Crippen molar-refractivity contribution < 1.29 is 4.79 Å². The molecule has 0 unspecified atom stereocenters. The number of carbonyl (C=O) groups excluding carboxylic acids is 1. The number of hydrogen-bond acceptors (Lipinski definition) is 3. The van der Waals surface area contributed by atoms with Crippen LogP contribution in [0.3, 0.4) is 0 Å². The molecule has 1 saturated carbocycles. The number of benzene rings is 1. The zero-order valence-electron chi connectivity index (χ0n) is 8.46. The summed E-state index contributed by atoms with van der Waals surface area (Å²) in [4.78, 5) is 11.3. The summed E-state index contributed by atoms with van der Waals surface area (Å²) in [6.07, 6.45) is 2.25. The molecule has 3 nitrogen and oxygen atoms in total. The Kier molecular flexibility index (Phi) is 3.61. The molecule has 0 bridgehead atoms. The molecule has 0 saturated heterocycles. The minimum absolute atomic E-state index is 0.126. The molecule has 1 aromatic rings. The molecule has 1 aliphatic carbocycles. The number of hydrazone groups is 1. The third-order valence-corrected chi connectivity index (χ3v) is 3.19. The molecule has 1 N–H and O–H groups in total. The molecule has 1 fully saturated rings. The van der Waals surface area contributed by atoms with Crippen LogP contribution < -0.4 is 5.43 Å². The zero-order chi connectivity index (χ0) is 11.5. The topological polar surface area (TPSA) is 41.5 Å². The first kappa shape index (κ1) is 11.6. The van der Waals surface area contributed by atoms with E-state index < -0.39 is 0 Å². The molecule has 5 heteroatoms. The van der Waals surface area contributed by atoms with E-state index in [0.717, 1.165) is 17.3 Å². The summed E-state index contributed by atoms with van der Waals surface area (Å²) in [5, 5.41) is 4.66. The number of anilines is 1. The molecule has 1 aromatic carbocycles. The highest BCUT2D eigenvalue weighted by molar-refractivity contribution is 9.10. The van der Waals surface area contributed by atoms with Crippen molar-refractivity contribution >= 4 is 44.7 Å². The fourth-order valence-electron chi connectivity index (χ4n) is 1.53. The Balaban J connectivity index is 2.12. The van der Waals surface area contributed by atoms with E-state index >= 15 is 0 Å². The third kappa shape index (κ3) is 2.62. The average molecular weight is 302 g/mol. The molecule has 84 valence electrons. The number of nitrogens with one attached hydrogen (secondary N) is 1. The molecule has 2 rings (SSSR count). The van der Waals surface area contributed by atoms with E-state index in [2.05, 4.69) is 26.5 Å². The largest absolute Gasteiger partial charge is 0.293 e. The number of Topliss-reactive ketones (excluding diaryl/α,β-unsaturated/α-hetero) is 1. The van der Waals surface area contributed by atoms with Crippen LogP contribution in [0.2, 0.25) is 5.02 Å². The van der Waals surface area contributed by atoms with Gasteiger partial charge in [-0.2, -0.15) is 5.10 Å². The van der Waals surface area contributed by atoms with E-state index in [1.165, 1.54) is 0 Å². The second-order valence-corrected chi connectivity index (χ2v) is 4.89. The van der Waals surface area contributed by atoms with Gasteiger partial charge in [0.15, 0.2) is 5.78 Å². The van der Waals surface area contributed by atoms with Crippen molar-refractivity contribution in [1.29, 1.82) is 0 Å². The maximum Gasteiger partial charge on any atom is 0.178 e. The number of hydrogen-bond donors (Lipinski definition) is 1. The number of halogens is 2. The Morgan fingerprint density at radius 3 is 2.81 bits per heavy atom. The predicted octanol–water partition coefficient (Wildman–Crippen LogP) is 3.62. The number of ketones is 1. The SMILES string of the molecule is O=C1CCCC1=NNc1ccc(Br)cc1Cl. The highest BCUT2D eigenvalue weighted by Crippen LogP contribution is 2.25. The van der Waals surface area contributed by atoms with Crippen LogP contribution in [0.15, 0.2) is 27.8 Å². The Labute approximate surface area is 107 Å². The van der Waals surface area contributed by atoms with E-state index in [1.807, 2.05) is 12.1 Å². The average Bonchev–Trinajstić information content (AvgIpc) is 2.63. The quantitative estimate of drug-likeness (QED) is 0.848. The molecule has 0 radical (unpaired) electrons. The minimum atomic E-state index is 0.126. The van der Waals surface area contributed by atoms with Gasteiger partial charge >= 0.3 is 0 Å².